The molecule has 1 aromatic carbocycles. The van der Waals surface area contributed by atoms with E-state index in [9.17, 15) is 0 Å². The Bertz CT molecular complexity index is 456. The van der Waals surface area contributed by atoms with E-state index in [2.05, 4.69) is 52.0 Å². The van der Waals surface area contributed by atoms with Crippen LogP contribution in [0.25, 0.3) is 0 Å². The molecule has 0 heterocycles. The van der Waals surface area contributed by atoms with E-state index in [-0.39, 0.29) is 0 Å². The van der Waals surface area contributed by atoms with Gasteiger partial charge in [0.15, 0.2) is 0 Å². The highest BCUT2D eigenvalue weighted by molar-refractivity contribution is 6.84. The third-order valence-corrected chi connectivity index (χ3v) is 13.5. The Hall–Kier alpha value is -0.346. The van der Waals surface area contributed by atoms with Gasteiger partial charge in [0.2, 0.25) is 0 Å². The smallest absolute Gasteiger partial charge is 0.0654 e. The van der Waals surface area contributed by atoms with Gasteiger partial charge in [-0.15, -0.1) is 0 Å². The van der Waals surface area contributed by atoms with Gasteiger partial charge in [0, 0.05) is 0 Å². The van der Waals surface area contributed by atoms with Crippen LogP contribution in [-0.4, -0.2) is 17.6 Å². The highest BCUT2D eigenvalue weighted by Crippen LogP contribution is 2.17. The number of hydrogen-bond acceptors (Lipinski definition) is 0. The van der Waals surface area contributed by atoms with Gasteiger partial charge in [-0.2, -0.15) is 0 Å². The lowest BCUT2D eigenvalue weighted by Gasteiger charge is -2.24. The van der Waals surface area contributed by atoms with Crippen molar-refractivity contribution in [3.05, 3.63) is 24.3 Å². The molecule has 0 N–H and O–H groups in total. The summed E-state index contributed by atoms with van der Waals surface area (Å²) in [7, 11) is -0.802. The minimum Gasteiger partial charge on any atom is -0.0654 e. The number of benzene rings is 1. The summed E-state index contributed by atoms with van der Waals surface area (Å²) in [5.41, 5.74) is 0. The van der Waals surface area contributed by atoms with Gasteiger partial charge in [-0.1, -0.05) is 189 Å². The molecule has 0 bridgehead atoms. The van der Waals surface area contributed by atoms with Gasteiger partial charge in [-0.05, 0) is 0 Å². The zero-order valence-electron chi connectivity index (χ0n) is 22.5. The van der Waals surface area contributed by atoms with Crippen LogP contribution in [0.15, 0.2) is 24.3 Å². The van der Waals surface area contributed by atoms with E-state index < -0.39 is 17.6 Å². The topological polar surface area (TPSA) is 0 Å². The molecule has 0 aliphatic rings. The van der Waals surface area contributed by atoms with E-state index in [1.807, 2.05) is 10.4 Å². The molecule has 0 aliphatic heterocycles. The van der Waals surface area contributed by atoms with Crippen molar-refractivity contribution < 1.29 is 0 Å². The van der Waals surface area contributed by atoms with Crippen LogP contribution >= 0.6 is 0 Å². The van der Waals surface area contributed by atoms with Crippen LogP contribution in [-0.2, 0) is 0 Å². The van der Waals surface area contributed by atoms with Gasteiger partial charge < -0.3 is 0 Å². The van der Waals surface area contributed by atoms with E-state index in [1.165, 1.54) is 127 Å². The zero-order chi connectivity index (χ0) is 23.3. The monoisotopic (exact) mass is 472 g/mol. The van der Waals surface area contributed by atoms with Gasteiger partial charge >= 0.3 is 0 Å². The van der Waals surface area contributed by atoms with Crippen LogP contribution in [0.5, 0.6) is 0 Å². The SMILES string of the molecule is CCCCCC[Si](CCCCCC)c1ccccc1[Si](CCCCCC)CCCCCC. The number of hydrogen-bond donors (Lipinski definition) is 0. The molecule has 1 aromatic rings. The van der Waals surface area contributed by atoms with E-state index in [0.717, 1.165) is 0 Å². The average Bonchev–Trinajstić information content (AvgIpc) is 2.82. The van der Waals surface area contributed by atoms with Crippen molar-refractivity contribution >= 4 is 28.0 Å². The third kappa shape index (κ3) is 13.4. The maximum absolute atomic E-state index is 2.59. The first kappa shape index (κ1) is 29.7. The summed E-state index contributed by atoms with van der Waals surface area (Å²) in [6.07, 6.45) is 22.8. The molecule has 0 unspecified atom stereocenters. The van der Waals surface area contributed by atoms with Crippen LogP contribution in [0, 0.1) is 0 Å². The Labute approximate surface area is 206 Å². The largest absolute Gasteiger partial charge is 0.0854 e. The van der Waals surface area contributed by atoms with Gasteiger partial charge in [-0.25, -0.2) is 0 Å². The maximum Gasteiger partial charge on any atom is 0.0854 e. The van der Waals surface area contributed by atoms with Crippen LogP contribution < -0.4 is 10.4 Å². The molecular weight excluding hydrogens is 417 g/mol. The molecule has 0 atom stereocenters. The quantitative estimate of drug-likeness (QED) is 0.116. The van der Waals surface area contributed by atoms with Crippen LogP contribution in [0.3, 0.4) is 0 Å². The maximum atomic E-state index is 2.59. The lowest BCUT2D eigenvalue weighted by molar-refractivity contribution is 0.686. The van der Waals surface area contributed by atoms with E-state index in [4.69, 9.17) is 0 Å². The first-order valence-electron chi connectivity index (χ1n) is 14.6. The van der Waals surface area contributed by atoms with E-state index in [0.29, 0.717) is 0 Å². The summed E-state index contributed by atoms with van der Waals surface area (Å²) in [5, 5.41) is 3.76. The second-order valence-corrected chi connectivity index (χ2v) is 15.5. The van der Waals surface area contributed by atoms with Gasteiger partial charge in [0.25, 0.3) is 0 Å². The normalized spacial score (nSPS) is 11.7. The molecular formula is C30H56Si2. The first-order chi connectivity index (χ1) is 15.8. The molecule has 0 spiro atoms. The second-order valence-electron chi connectivity index (χ2n) is 10.00. The Morgan fingerprint density at radius 3 is 0.938 bits per heavy atom. The average molecular weight is 473 g/mol. The molecule has 0 saturated heterocycles. The standard InChI is InChI=1S/C30H56Si2/c1-5-9-13-19-25-31(26-20-14-10-6-2)29-23-17-18-24-30(29)32(27-21-15-11-7-3)28-22-16-12-8-4/h17-18,23-24H,5-16,19-22,25-28H2,1-4H3. The summed E-state index contributed by atoms with van der Waals surface area (Å²) in [6.45, 7) is 9.38. The zero-order valence-corrected chi connectivity index (χ0v) is 24.5. The number of unbranched alkanes of at least 4 members (excludes halogenated alkanes) is 12. The summed E-state index contributed by atoms with van der Waals surface area (Å²) < 4.78 is 0. The predicted octanol–water partition coefficient (Wildman–Crippen LogP) is 9.41. The van der Waals surface area contributed by atoms with Crippen molar-refractivity contribution in [2.24, 2.45) is 0 Å². The van der Waals surface area contributed by atoms with Crippen LogP contribution in [0.4, 0.5) is 0 Å². The van der Waals surface area contributed by atoms with Gasteiger partial charge in [0.05, 0.1) is 17.6 Å². The van der Waals surface area contributed by atoms with Crippen molar-refractivity contribution in [1.29, 1.82) is 0 Å². The first-order valence-corrected chi connectivity index (χ1v) is 18.4. The van der Waals surface area contributed by atoms with Crippen molar-refractivity contribution in [1.82, 2.24) is 0 Å². The summed E-state index contributed by atoms with van der Waals surface area (Å²) in [5.74, 6) is 0. The molecule has 0 nitrogen and oxygen atoms in total. The molecule has 2 heteroatoms. The molecule has 0 saturated carbocycles. The molecule has 1 rings (SSSR count). The van der Waals surface area contributed by atoms with Crippen molar-refractivity contribution in [3.8, 4) is 0 Å². The second kappa shape index (κ2) is 21.2. The highest BCUT2D eigenvalue weighted by atomic mass is 28.3. The van der Waals surface area contributed by atoms with E-state index >= 15 is 0 Å². The third-order valence-electron chi connectivity index (χ3n) is 7.02. The van der Waals surface area contributed by atoms with Crippen LogP contribution in [0.1, 0.15) is 130 Å². The fraction of sp³-hybridized carbons (Fsp3) is 0.800. The van der Waals surface area contributed by atoms with Crippen molar-refractivity contribution in [2.45, 2.75) is 155 Å². The minimum absolute atomic E-state index is 0.401. The summed E-state index contributed by atoms with van der Waals surface area (Å²) in [6, 6.07) is 16.0. The molecule has 0 fully saturated rings. The van der Waals surface area contributed by atoms with Crippen molar-refractivity contribution in [3.63, 3.8) is 0 Å². The molecule has 0 aromatic heterocycles. The Morgan fingerprint density at radius 2 is 0.688 bits per heavy atom. The predicted molar refractivity (Wildman–Crippen MR) is 153 cm³/mol. The lowest BCUT2D eigenvalue weighted by Crippen LogP contribution is -2.48. The Kier molecular flexibility index (Phi) is 19.7. The summed E-state index contributed by atoms with van der Waals surface area (Å²) in [4.78, 5) is 0. The molecule has 32 heavy (non-hydrogen) atoms. The molecule has 2 radical (unpaired) electrons. The minimum atomic E-state index is -0.401. The summed E-state index contributed by atoms with van der Waals surface area (Å²) >= 11 is 0. The molecule has 0 aliphatic carbocycles. The lowest BCUT2D eigenvalue weighted by atomic mass is 10.2. The highest BCUT2D eigenvalue weighted by Gasteiger charge is 2.22. The van der Waals surface area contributed by atoms with E-state index in [1.54, 1.807) is 0 Å². The van der Waals surface area contributed by atoms with Gasteiger partial charge in [-0.3, -0.25) is 0 Å². The molecule has 0 amide bonds. The van der Waals surface area contributed by atoms with Crippen LogP contribution in [0.2, 0.25) is 24.2 Å². The molecule has 184 valence electrons. The van der Waals surface area contributed by atoms with Gasteiger partial charge in [0.1, 0.15) is 0 Å². The fourth-order valence-electron chi connectivity index (χ4n) is 4.95. The fourth-order valence-corrected chi connectivity index (χ4v) is 11.9. The van der Waals surface area contributed by atoms with Crippen molar-refractivity contribution in [2.75, 3.05) is 0 Å². The Morgan fingerprint density at radius 1 is 0.406 bits per heavy atom. The Balaban J connectivity index is 2.95. The number of rotatable bonds is 22.